The van der Waals surface area contributed by atoms with Gasteiger partial charge < -0.3 is 9.47 Å². The van der Waals surface area contributed by atoms with E-state index in [-0.39, 0.29) is 11.9 Å². The minimum absolute atomic E-state index is 0.302. The van der Waals surface area contributed by atoms with E-state index < -0.39 is 12.1 Å². The van der Waals surface area contributed by atoms with E-state index in [4.69, 9.17) is 9.47 Å². The van der Waals surface area contributed by atoms with Crippen molar-refractivity contribution in [1.82, 2.24) is 0 Å². The fourth-order valence-corrected chi connectivity index (χ4v) is 2.02. The van der Waals surface area contributed by atoms with Crippen LogP contribution in [0.15, 0.2) is 30.3 Å². The van der Waals surface area contributed by atoms with Crippen LogP contribution in [0.25, 0.3) is 0 Å². The van der Waals surface area contributed by atoms with E-state index in [0.29, 0.717) is 13.0 Å². The highest BCUT2D eigenvalue weighted by Gasteiger charge is 2.47. The Bertz CT molecular complexity index is 427. The summed E-state index contributed by atoms with van der Waals surface area (Å²) in [5, 5.41) is 0. The van der Waals surface area contributed by atoms with Gasteiger partial charge in [0.2, 0.25) is 6.10 Å². The molecule has 1 aliphatic heterocycles. The molecule has 0 radical (unpaired) electrons. The molecule has 1 fully saturated rings. The summed E-state index contributed by atoms with van der Waals surface area (Å²) < 4.78 is 9.70. The van der Waals surface area contributed by atoms with Crippen LogP contribution >= 0.6 is 0 Å². The van der Waals surface area contributed by atoms with Crippen molar-refractivity contribution in [2.45, 2.75) is 25.9 Å². The zero-order chi connectivity index (χ0) is 13.0. The second-order valence-corrected chi connectivity index (χ2v) is 4.24. The predicted molar refractivity (Wildman–Crippen MR) is 64.8 cm³/mol. The Morgan fingerprint density at radius 3 is 2.67 bits per heavy atom. The number of cyclic esters (lactones) is 1. The molecule has 0 spiro atoms. The Morgan fingerprint density at radius 1 is 1.33 bits per heavy atom. The average Bonchev–Trinajstić information content (AvgIpc) is 2.37. The number of aryl methyl sites for hydroxylation is 1. The summed E-state index contributed by atoms with van der Waals surface area (Å²) in [7, 11) is 0. The first-order valence-electron chi connectivity index (χ1n) is 6.13. The molecule has 1 aromatic carbocycles. The van der Waals surface area contributed by atoms with Crippen LogP contribution < -0.4 is 0 Å². The molecular formula is C14H16O4. The molecule has 0 aromatic heterocycles. The second-order valence-electron chi connectivity index (χ2n) is 4.24. The molecule has 0 N–H and O–H groups in total. The SMILES string of the molecule is CCOC(=O)[C@H]1OC(=O)[C@H]1CCc1ccccc1. The molecule has 0 amide bonds. The predicted octanol–water partition coefficient (Wildman–Crippen LogP) is 1.72. The Kier molecular flexibility index (Phi) is 3.97. The number of hydrogen-bond acceptors (Lipinski definition) is 4. The number of hydrogen-bond donors (Lipinski definition) is 0. The van der Waals surface area contributed by atoms with Crippen molar-refractivity contribution >= 4 is 11.9 Å². The Labute approximate surface area is 106 Å². The van der Waals surface area contributed by atoms with E-state index in [0.717, 1.165) is 12.0 Å². The van der Waals surface area contributed by atoms with Crippen molar-refractivity contribution in [1.29, 1.82) is 0 Å². The maximum absolute atomic E-state index is 11.5. The van der Waals surface area contributed by atoms with Crippen molar-refractivity contribution in [3.8, 4) is 0 Å². The van der Waals surface area contributed by atoms with Crippen molar-refractivity contribution in [2.75, 3.05) is 6.61 Å². The third-order valence-corrected chi connectivity index (χ3v) is 3.02. The lowest BCUT2D eigenvalue weighted by molar-refractivity contribution is -0.198. The van der Waals surface area contributed by atoms with Gasteiger partial charge in [0.25, 0.3) is 0 Å². The molecule has 0 bridgehead atoms. The van der Waals surface area contributed by atoms with Crippen LogP contribution in [0.3, 0.4) is 0 Å². The number of carbonyl (C=O) groups is 2. The zero-order valence-electron chi connectivity index (χ0n) is 10.3. The molecular weight excluding hydrogens is 232 g/mol. The molecule has 0 aliphatic carbocycles. The number of esters is 2. The maximum atomic E-state index is 11.5. The van der Waals surface area contributed by atoms with E-state index in [1.165, 1.54) is 0 Å². The summed E-state index contributed by atoms with van der Waals surface area (Å²) in [4.78, 5) is 22.8. The van der Waals surface area contributed by atoms with Gasteiger partial charge in [-0.25, -0.2) is 4.79 Å². The van der Waals surface area contributed by atoms with Gasteiger partial charge in [-0.3, -0.25) is 4.79 Å². The van der Waals surface area contributed by atoms with Crippen molar-refractivity contribution in [3.63, 3.8) is 0 Å². The van der Waals surface area contributed by atoms with Gasteiger partial charge in [-0.15, -0.1) is 0 Å². The molecule has 1 aliphatic rings. The van der Waals surface area contributed by atoms with Crippen LogP contribution in [0.1, 0.15) is 18.9 Å². The van der Waals surface area contributed by atoms with Crippen LogP contribution in [0, 0.1) is 5.92 Å². The quantitative estimate of drug-likeness (QED) is 0.744. The van der Waals surface area contributed by atoms with Crippen molar-refractivity contribution in [3.05, 3.63) is 35.9 Å². The van der Waals surface area contributed by atoms with E-state index >= 15 is 0 Å². The lowest BCUT2D eigenvalue weighted by Crippen LogP contribution is -2.50. The topological polar surface area (TPSA) is 52.6 Å². The first-order chi connectivity index (χ1) is 8.72. The average molecular weight is 248 g/mol. The van der Waals surface area contributed by atoms with Gasteiger partial charge in [-0.05, 0) is 25.3 Å². The smallest absolute Gasteiger partial charge is 0.348 e. The summed E-state index contributed by atoms with van der Waals surface area (Å²) in [5.74, 6) is -1.09. The highest BCUT2D eigenvalue weighted by Crippen LogP contribution is 2.28. The molecule has 0 saturated carbocycles. The molecule has 1 heterocycles. The van der Waals surface area contributed by atoms with Gasteiger partial charge in [-0.2, -0.15) is 0 Å². The summed E-state index contributed by atoms with van der Waals surface area (Å²) in [6.07, 6.45) is 0.671. The molecule has 1 aromatic rings. The van der Waals surface area contributed by atoms with Gasteiger partial charge >= 0.3 is 11.9 Å². The van der Waals surface area contributed by atoms with Crippen LogP contribution in [0.4, 0.5) is 0 Å². The Balaban J connectivity index is 1.88. The Morgan fingerprint density at radius 2 is 2.06 bits per heavy atom. The van der Waals surface area contributed by atoms with Gasteiger partial charge in [0.15, 0.2) is 0 Å². The lowest BCUT2D eigenvalue weighted by Gasteiger charge is -2.33. The van der Waals surface area contributed by atoms with Crippen LogP contribution in [0.2, 0.25) is 0 Å². The number of carbonyl (C=O) groups excluding carboxylic acids is 2. The first-order valence-corrected chi connectivity index (χ1v) is 6.13. The number of ether oxygens (including phenoxy) is 2. The van der Waals surface area contributed by atoms with Crippen molar-refractivity contribution < 1.29 is 19.1 Å². The van der Waals surface area contributed by atoms with Gasteiger partial charge in [-0.1, -0.05) is 30.3 Å². The number of benzene rings is 1. The fraction of sp³-hybridized carbons (Fsp3) is 0.429. The van der Waals surface area contributed by atoms with Crippen LogP contribution in [0.5, 0.6) is 0 Å². The number of rotatable bonds is 5. The standard InChI is InChI=1S/C14H16O4/c1-2-17-14(16)12-11(13(15)18-12)9-8-10-6-4-3-5-7-10/h3-7,11-12H,2,8-9H2,1H3/t11-,12-/m0/s1. The molecule has 1 saturated heterocycles. The van der Waals surface area contributed by atoms with Gasteiger partial charge in [0, 0.05) is 0 Å². The van der Waals surface area contributed by atoms with Crippen LogP contribution in [-0.4, -0.2) is 24.6 Å². The molecule has 0 unspecified atom stereocenters. The molecule has 2 rings (SSSR count). The minimum Gasteiger partial charge on any atom is -0.463 e. The molecule has 96 valence electrons. The molecule has 4 nitrogen and oxygen atoms in total. The third kappa shape index (κ3) is 2.70. The third-order valence-electron chi connectivity index (χ3n) is 3.02. The van der Waals surface area contributed by atoms with E-state index in [9.17, 15) is 9.59 Å². The molecule has 2 atom stereocenters. The van der Waals surface area contributed by atoms with E-state index in [2.05, 4.69) is 0 Å². The largest absolute Gasteiger partial charge is 0.463 e. The van der Waals surface area contributed by atoms with Crippen molar-refractivity contribution in [2.24, 2.45) is 5.92 Å². The molecule has 18 heavy (non-hydrogen) atoms. The van der Waals surface area contributed by atoms with E-state index in [1.54, 1.807) is 6.92 Å². The second kappa shape index (κ2) is 5.67. The van der Waals surface area contributed by atoms with Crippen LogP contribution in [-0.2, 0) is 25.5 Å². The Hall–Kier alpha value is -1.84. The highest BCUT2D eigenvalue weighted by atomic mass is 16.6. The highest BCUT2D eigenvalue weighted by molar-refractivity contribution is 5.91. The minimum atomic E-state index is -0.707. The molecule has 4 heteroatoms. The monoisotopic (exact) mass is 248 g/mol. The zero-order valence-corrected chi connectivity index (χ0v) is 10.3. The van der Waals surface area contributed by atoms with Gasteiger partial charge in [0.05, 0.1) is 6.61 Å². The van der Waals surface area contributed by atoms with Gasteiger partial charge in [0.1, 0.15) is 5.92 Å². The summed E-state index contributed by atoms with van der Waals surface area (Å²) in [6, 6.07) is 9.86. The fourth-order valence-electron chi connectivity index (χ4n) is 2.02. The summed E-state index contributed by atoms with van der Waals surface area (Å²) in [6.45, 7) is 2.04. The summed E-state index contributed by atoms with van der Waals surface area (Å²) in [5.41, 5.74) is 1.15. The lowest BCUT2D eigenvalue weighted by atomic mass is 9.90. The summed E-state index contributed by atoms with van der Waals surface area (Å²) >= 11 is 0. The van der Waals surface area contributed by atoms with E-state index in [1.807, 2.05) is 30.3 Å². The normalized spacial score (nSPS) is 21.9. The first kappa shape index (κ1) is 12.6. The maximum Gasteiger partial charge on any atom is 0.348 e.